The number of nitrogens with one attached hydrogen (secondary N) is 1. The van der Waals surface area contributed by atoms with E-state index >= 15 is 0 Å². The van der Waals surface area contributed by atoms with Crippen molar-refractivity contribution in [1.82, 2.24) is 19.9 Å². The first-order chi connectivity index (χ1) is 11.7. The molecule has 124 valence electrons. The Morgan fingerprint density at radius 1 is 1.33 bits per heavy atom. The van der Waals surface area contributed by atoms with Crippen molar-refractivity contribution >= 4 is 10.9 Å². The molecule has 1 aliphatic heterocycles. The number of rotatable bonds is 4. The SMILES string of the molecule is CCCc1ncc2c(n1)CN(Cc1c[nH]c3cc(F)ccc13)CC2. The fraction of sp³-hybridized carbons (Fsp3) is 0.368. The maximum atomic E-state index is 13.3. The minimum Gasteiger partial charge on any atom is -0.361 e. The summed E-state index contributed by atoms with van der Waals surface area (Å²) in [5.74, 6) is 0.739. The van der Waals surface area contributed by atoms with Crippen molar-refractivity contribution in [1.29, 1.82) is 0 Å². The summed E-state index contributed by atoms with van der Waals surface area (Å²) in [5.41, 5.74) is 4.49. The molecule has 0 saturated heterocycles. The van der Waals surface area contributed by atoms with E-state index in [1.165, 1.54) is 17.2 Å². The summed E-state index contributed by atoms with van der Waals surface area (Å²) in [4.78, 5) is 14.8. The standard InChI is InChI=1S/C19H21FN4/c1-2-3-19-22-9-13-6-7-24(12-18(13)23-19)11-14-10-21-17-8-15(20)4-5-16(14)17/h4-5,8-10,21H,2-3,6-7,11-12H2,1H3. The van der Waals surface area contributed by atoms with Crippen LogP contribution in [0.5, 0.6) is 0 Å². The molecule has 0 fully saturated rings. The molecule has 0 radical (unpaired) electrons. The lowest BCUT2D eigenvalue weighted by Gasteiger charge is -2.27. The van der Waals surface area contributed by atoms with Gasteiger partial charge in [0.25, 0.3) is 0 Å². The average molecular weight is 324 g/mol. The molecule has 0 amide bonds. The minimum absolute atomic E-state index is 0.206. The van der Waals surface area contributed by atoms with Crippen LogP contribution in [-0.2, 0) is 25.9 Å². The number of benzene rings is 1. The monoisotopic (exact) mass is 324 g/mol. The van der Waals surface area contributed by atoms with Crippen LogP contribution in [0, 0.1) is 5.82 Å². The van der Waals surface area contributed by atoms with Gasteiger partial charge in [-0.15, -0.1) is 0 Å². The number of halogens is 1. The van der Waals surface area contributed by atoms with Crippen LogP contribution in [-0.4, -0.2) is 26.4 Å². The zero-order chi connectivity index (χ0) is 16.5. The van der Waals surface area contributed by atoms with E-state index in [1.54, 1.807) is 6.07 Å². The Morgan fingerprint density at radius 3 is 3.12 bits per heavy atom. The van der Waals surface area contributed by atoms with Crippen LogP contribution in [0.1, 0.15) is 36.0 Å². The van der Waals surface area contributed by atoms with Crippen molar-refractivity contribution < 1.29 is 4.39 Å². The summed E-state index contributed by atoms with van der Waals surface area (Å²) in [6, 6.07) is 4.93. The number of H-pyrrole nitrogens is 1. The molecular weight excluding hydrogens is 303 g/mol. The molecule has 0 saturated carbocycles. The lowest BCUT2D eigenvalue weighted by molar-refractivity contribution is 0.241. The van der Waals surface area contributed by atoms with Crippen molar-refractivity contribution in [3.63, 3.8) is 0 Å². The first-order valence-electron chi connectivity index (χ1n) is 8.54. The summed E-state index contributed by atoms with van der Waals surface area (Å²) in [6.45, 7) is 4.84. The molecule has 3 aromatic rings. The van der Waals surface area contributed by atoms with Gasteiger partial charge >= 0.3 is 0 Å². The Balaban J connectivity index is 1.54. The fourth-order valence-electron chi connectivity index (χ4n) is 3.41. The highest BCUT2D eigenvalue weighted by Crippen LogP contribution is 2.24. The molecule has 1 aliphatic rings. The third-order valence-corrected chi connectivity index (χ3v) is 4.67. The first-order valence-corrected chi connectivity index (χ1v) is 8.54. The largest absolute Gasteiger partial charge is 0.361 e. The van der Waals surface area contributed by atoms with Crippen LogP contribution < -0.4 is 0 Å². The molecule has 0 bridgehead atoms. The molecule has 2 aromatic heterocycles. The van der Waals surface area contributed by atoms with Gasteiger partial charge in [0.2, 0.25) is 0 Å². The molecule has 3 heterocycles. The van der Waals surface area contributed by atoms with Gasteiger partial charge in [-0.25, -0.2) is 14.4 Å². The molecule has 1 N–H and O–H groups in total. The van der Waals surface area contributed by atoms with Crippen molar-refractivity contribution in [3.05, 3.63) is 59.1 Å². The van der Waals surface area contributed by atoms with Crippen LogP contribution in [0.3, 0.4) is 0 Å². The highest BCUT2D eigenvalue weighted by molar-refractivity contribution is 5.83. The molecular formula is C19H21FN4. The Hall–Kier alpha value is -2.27. The van der Waals surface area contributed by atoms with E-state index in [1.807, 2.05) is 18.5 Å². The van der Waals surface area contributed by atoms with Gasteiger partial charge in [-0.1, -0.05) is 6.92 Å². The Labute approximate surface area is 140 Å². The molecule has 0 unspecified atom stereocenters. The normalized spacial score (nSPS) is 14.9. The van der Waals surface area contributed by atoms with Gasteiger partial charge in [-0.05, 0) is 42.2 Å². The van der Waals surface area contributed by atoms with Crippen LogP contribution in [0.2, 0.25) is 0 Å². The second-order valence-corrected chi connectivity index (χ2v) is 6.47. The predicted octanol–water partition coefficient (Wildman–Crippen LogP) is 3.61. The lowest BCUT2D eigenvalue weighted by Crippen LogP contribution is -2.31. The van der Waals surface area contributed by atoms with E-state index in [9.17, 15) is 4.39 Å². The van der Waals surface area contributed by atoms with E-state index in [0.717, 1.165) is 61.3 Å². The Kier molecular flexibility index (Phi) is 4.02. The smallest absolute Gasteiger partial charge is 0.128 e. The second kappa shape index (κ2) is 6.32. The second-order valence-electron chi connectivity index (χ2n) is 6.47. The van der Waals surface area contributed by atoms with Crippen LogP contribution >= 0.6 is 0 Å². The van der Waals surface area contributed by atoms with Gasteiger partial charge in [0, 0.05) is 49.4 Å². The van der Waals surface area contributed by atoms with E-state index in [4.69, 9.17) is 4.98 Å². The summed E-state index contributed by atoms with van der Waals surface area (Å²) in [5, 5.41) is 1.09. The van der Waals surface area contributed by atoms with Gasteiger partial charge in [0.05, 0.1) is 5.69 Å². The first kappa shape index (κ1) is 15.3. The van der Waals surface area contributed by atoms with Crippen molar-refractivity contribution in [3.8, 4) is 0 Å². The number of fused-ring (bicyclic) bond motifs is 2. The van der Waals surface area contributed by atoms with Crippen molar-refractivity contribution in [2.75, 3.05) is 6.54 Å². The van der Waals surface area contributed by atoms with Crippen LogP contribution in [0.4, 0.5) is 4.39 Å². The third kappa shape index (κ3) is 2.91. The van der Waals surface area contributed by atoms with Gasteiger partial charge in [0.15, 0.2) is 0 Å². The van der Waals surface area contributed by atoms with E-state index in [-0.39, 0.29) is 5.82 Å². The van der Waals surface area contributed by atoms with E-state index in [2.05, 4.69) is 21.8 Å². The molecule has 1 aromatic carbocycles. The predicted molar refractivity (Wildman–Crippen MR) is 92.1 cm³/mol. The molecule has 0 aliphatic carbocycles. The fourth-order valence-corrected chi connectivity index (χ4v) is 3.41. The van der Waals surface area contributed by atoms with Crippen molar-refractivity contribution in [2.24, 2.45) is 0 Å². The highest BCUT2D eigenvalue weighted by Gasteiger charge is 2.19. The molecule has 0 atom stereocenters. The van der Waals surface area contributed by atoms with Gasteiger partial charge < -0.3 is 4.98 Å². The van der Waals surface area contributed by atoms with Gasteiger partial charge in [-0.2, -0.15) is 0 Å². The molecule has 24 heavy (non-hydrogen) atoms. The number of nitrogens with zero attached hydrogens (tertiary/aromatic N) is 3. The van der Waals surface area contributed by atoms with Crippen molar-refractivity contribution in [2.45, 2.75) is 39.3 Å². The lowest BCUT2D eigenvalue weighted by atomic mass is 10.1. The van der Waals surface area contributed by atoms with Gasteiger partial charge in [-0.3, -0.25) is 4.90 Å². The zero-order valence-corrected chi connectivity index (χ0v) is 13.8. The van der Waals surface area contributed by atoms with E-state index in [0.29, 0.717) is 0 Å². The third-order valence-electron chi connectivity index (χ3n) is 4.67. The topological polar surface area (TPSA) is 44.8 Å². The molecule has 0 spiro atoms. The van der Waals surface area contributed by atoms with Crippen LogP contribution in [0.25, 0.3) is 10.9 Å². The minimum atomic E-state index is -0.206. The highest BCUT2D eigenvalue weighted by atomic mass is 19.1. The molecule has 4 nitrogen and oxygen atoms in total. The summed E-state index contributed by atoms with van der Waals surface area (Å²) in [7, 11) is 0. The van der Waals surface area contributed by atoms with Crippen LogP contribution in [0.15, 0.2) is 30.6 Å². The maximum absolute atomic E-state index is 13.3. The average Bonchev–Trinajstić information content (AvgIpc) is 2.97. The summed E-state index contributed by atoms with van der Waals surface area (Å²) in [6.07, 6.45) is 6.97. The van der Waals surface area contributed by atoms with Gasteiger partial charge in [0.1, 0.15) is 11.6 Å². The Morgan fingerprint density at radius 2 is 2.25 bits per heavy atom. The number of aryl methyl sites for hydroxylation is 1. The van der Waals surface area contributed by atoms with E-state index < -0.39 is 0 Å². The summed E-state index contributed by atoms with van der Waals surface area (Å²) < 4.78 is 13.3. The number of aromatic amines is 1. The number of aromatic nitrogens is 3. The number of hydrogen-bond donors (Lipinski definition) is 1. The quantitative estimate of drug-likeness (QED) is 0.797. The molecule has 4 rings (SSSR count). The Bertz CT molecular complexity index is 871. The zero-order valence-electron chi connectivity index (χ0n) is 13.8. The molecule has 5 heteroatoms. The maximum Gasteiger partial charge on any atom is 0.128 e. The number of hydrogen-bond acceptors (Lipinski definition) is 3. The summed E-state index contributed by atoms with van der Waals surface area (Å²) >= 11 is 0.